The van der Waals surface area contributed by atoms with Gasteiger partial charge in [0.2, 0.25) is 5.91 Å². The molecule has 1 amide bonds. The average Bonchev–Trinajstić information content (AvgIpc) is 2.56. The lowest BCUT2D eigenvalue weighted by Gasteiger charge is -2.24. The van der Waals surface area contributed by atoms with Crippen molar-refractivity contribution in [2.45, 2.75) is 38.6 Å². The van der Waals surface area contributed by atoms with Gasteiger partial charge in [-0.1, -0.05) is 43.5 Å². The van der Waals surface area contributed by atoms with Crippen LogP contribution in [0.25, 0.3) is 0 Å². The van der Waals surface area contributed by atoms with E-state index in [0.717, 1.165) is 6.54 Å². The third-order valence-electron chi connectivity index (χ3n) is 4.42. The van der Waals surface area contributed by atoms with Crippen LogP contribution >= 0.6 is 0 Å². The van der Waals surface area contributed by atoms with Crippen LogP contribution in [0.3, 0.4) is 0 Å². The van der Waals surface area contributed by atoms with E-state index in [9.17, 15) is 9.18 Å². The van der Waals surface area contributed by atoms with Crippen molar-refractivity contribution in [3.63, 3.8) is 0 Å². The number of hydrogen-bond donors (Lipinski definition) is 1. The maximum atomic E-state index is 13.8. The quantitative estimate of drug-likeness (QED) is 0.744. The number of rotatable bonds is 8. The largest absolute Gasteiger partial charge is 0.355 e. The van der Waals surface area contributed by atoms with Gasteiger partial charge in [0.1, 0.15) is 5.82 Å². The predicted molar refractivity (Wildman–Crippen MR) is 91.5 cm³/mol. The van der Waals surface area contributed by atoms with E-state index >= 15 is 0 Å². The lowest BCUT2D eigenvalue weighted by Crippen LogP contribution is -2.39. The molecule has 1 N–H and O–H groups in total. The zero-order valence-corrected chi connectivity index (χ0v) is 13.8. The minimum Gasteiger partial charge on any atom is -0.355 e. The second kappa shape index (κ2) is 9.46. The van der Waals surface area contributed by atoms with Crippen LogP contribution in [0.4, 0.5) is 4.39 Å². The Kier molecular flexibility index (Phi) is 7.27. The first-order valence-electron chi connectivity index (χ1n) is 8.52. The van der Waals surface area contributed by atoms with Crippen molar-refractivity contribution < 1.29 is 9.18 Å². The van der Waals surface area contributed by atoms with E-state index in [1.807, 2.05) is 11.0 Å². The van der Waals surface area contributed by atoms with Gasteiger partial charge in [0.15, 0.2) is 0 Å². The molecule has 2 rings (SSSR count). The number of nitrogens with zero attached hydrogens (tertiary/aromatic N) is 1. The van der Waals surface area contributed by atoms with Gasteiger partial charge in [-0.15, -0.1) is 6.58 Å². The summed E-state index contributed by atoms with van der Waals surface area (Å²) < 4.78 is 13.8. The first-order valence-corrected chi connectivity index (χ1v) is 8.52. The van der Waals surface area contributed by atoms with Gasteiger partial charge >= 0.3 is 0 Å². The summed E-state index contributed by atoms with van der Waals surface area (Å²) in [5.41, 5.74) is 0.606. The van der Waals surface area contributed by atoms with Gasteiger partial charge in [-0.25, -0.2) is 4.39 Å². The molecule has 23 heavy (non-hydrogen) atoms. The van der Waals surface area contributed by atoms with Crippen LogP contribution in [0.15, 0.2) is 36.9 Å². The molecule has 0 bridgehead atoms. The van der Waals surface area contributed by atoms with Crippen LogP contribution in [0, 0.1) is 11.7 Å². The van der Waals surface area contributed by atoms with Crippen LogP contribution in [-0.2, 0) is 11.3 Å². The molecule has 1 aliphatic rings. The van der Waals surface area contributed by atoms with Crippen molar-refractivity contribution in [2.75, 3.05) is 19.6 Å². The minimum absolute atomic E-state index is 0.00811. The van der Waals surface area contributed by atoms with E-state index in [2.05, 4.69) is 11.9 Å². The maximum absolute atomic E-state index is 13.8. The van der Waals surface area contributed by atoms with Gasteiger partial charge in [0.25, 0.3) is 0 Å². The lowest BCUT2D eigenvalue weighted by molar-refractivity contribution is -0.122. The van der Waals surface area contributed by atoms with Crippen molar-refractivity contribution in [3.05, 3.63) is 48.3 Å². The molecule has 3 nitrogen and oxygen atoms in total. The Labute approximate surface area is 138 Å². The Morgan fingerprint density at radius 1 is 1.30 bits per heavy atom. The highest BCUT2D eigenvalue weighted by atomic mass is 19.1. The van der Waals surface area contributed by atoms with Gasteiger partial charge in [-0.3, -0.25) is 9.69 Å². The first-order chi connectivity index (χ1) is 11.2. The molecule has 1 aliphatic carbocycles. The third kappa shape index (κ3) is 6.14. The highest BCUT2D eigenvalue weighted by molar-refractivity contribution is 5.78. The monoisotopic (exact) mass is 318 g/mol. The van der Waals surface area contributed by atoms with Gasteiger partial charge in [0.05, 0.1) is 6.54 Å². The number of carbonyl (C=O) groups is 1. The SMILES string of the molecule is C=CCN(CC(=O)NCC1CCCCC1)Cc1ccccc1F. The molecule has 126 valence electrons. The average molecular weight is 318 g/mol. The van der Waals surface area contributed by atoms with E-state index in [0.29, 0.717) is 24.6 Å². The highest BCUT2D eigenvalue weighted by Gasteiger charge is 2.16. The Hall–Kier alpha value is -1.68. The summed E-state index contributed by atoms with van der Waals surface area (Å²) in [5.74, 6) is 0.394. The van der Waals surface area contributed by atoms with Gasteiger partial charge < -0.3 is 5.32 Å². The molecule has 0 aromatic heterocycles. The summed E-state index contributed by atoms with van der Waals surface area (Å²) in [6, 6.07) is 6.69. The molecule has 0 aliphatic heterocycles. The van der Waals surface area contributed by atoms with Crippen LogP contribution in [0.1, 0.15) is 37.7 Å². The fourth-order valence-electron chi connectivity index (χ4n) is 3.14. The molecule has 0 unspecified atom stereocenters. The summed E-state index contributed by atoms with van der Waals surface area (Å²) in [4.78, 5) is 14.1. The maximum Gasteiger partial charge on any atom is 0.234 e. The number of hydrogen-bond acceptors (Lipinski definition) is 2. The molecule has 0 radical (unpaired) electrons. The van der Waals surface area contributed by atoms with E-state index in [-0.39, 0.29) is 18.3 Å². The normalized spacial score (nSPS) is 15.6. The smallest absolute Gasteiger partial charge is 0.234 e. The van der Waals surface area contributed by atoms with Crippen LogP contribution < -0.4 is 5.32 Å². The number of halogens is 1. The molecular weight excluding hydrogens is 291 g/mol. The molecule has 0 saturated heterocycles. The Morgan fingerprint density at radius 2 is 2.04 bits per heavy atom. The molecule has 0 heterocycles. The van der Waals surface area contributed by atoms with Gasteiger partial charge in [-0.05, 0) is 24.8 Å². The molecule has 0 atom stereocenters. The molecular formula is C19H27FN2O. The highest BCUT2D eigenvalue weighted by Crippen LogP contribution is 2.22. The van der Waals surface area contributed by atoms with Crippen molar-refractivity contribution in [3.8, 4) is 0 Å². The second-order valence-corrected chi connectivity index (χ2v) is 6.36. The summed E-state index contributed by atoms with van der Waals surface area (Å²) in [6.45, 7) is 5.73. The van der Waals surface area contributed by atoms with Crippen molar-refractivity contribution in [2.24, 2.45) is 5.92 Å². The van der Waals surface area contributed by atoms with E-state index in [1.54, 1.807) is 18.2 Å². The van der Waals surface area contributed by atoms with Crippen LogP contribution in [0.2, 0.25) is 0 Å². The van der Waals surface area contributed by atoms with Crippen LogP contribution in [-0.4, -0.2) is 30.4 Å². The molecule has 1 fully saturated rings. The topological polar surface area (TPSA) is 32.3 Å². The summed E-state index contributed by atoms with van der Waals surface area (Å²) in [6.07, 6.45) is 8.04. The fourth-order valence-corrected chi connectivity index (χ4v) is 3.14. The summed E-state index contributed by atoms with van der Waals surface area (Å²) in [7, 11) is 0. The Morgan fingerprint density at radius 3 is 2.74 bits per heavy atom. The zero-order valence-electron chi connectivity index (χ0n) is 13.8. The van der Waals surface area contributed by atoms with E-state index in [1.165, 1.54) is 38.2 Å². The van der Waals surface area contributed by atoms with Crippen LogP contribution in [0.5, 0.6) is 0 Å². The molecule has 4 heteroatoms. The fraction of sp³-hybridized carbons (Fsp3) is 0.526. The van der Waals surface area contributed by atoms with Crippen molar-refractivity contribution >= 4 is 5.91 Å². The predicted octanol–water partition coefficient (Wildman–Crippen LogP) is 3.51. The lowest BCUT2D eigenvalue weighted by atomic mass is 9.89. The number of amides is 1. The summed E-state index contributed by atoms with van der Waals surface area (Å²) in [5, 5.41) is 3.03. The van der Waals surface area contributed by atoms with E-state index < -0.39 is 0 Å². The van der Waals surface area contributed by atoms with Gasteiger partial charge in [-0.2, -0.15) is 0 Å². The molecule has 1 aromatic carbocycles. The molecule has 1 aromatic rings. The number of carbonyl (C=O) groups excluding carboxylic acids is 1. The Bertz CT molecular complexity index is 512. The van der Waals surface area contributed by atoms with Crippen molar-refractivity contribution in [1.29, 1.82) is 0 Å². The summed E-state index contributed by atoms with van der Waals surface area (Å²) >= 11 is 0. The van der Waals surface area contributed by atoms with Gasteiger partial charge in [0, 0.05) is 25.2 Å². The zero-order chi connectivity index (χ0) is 16.5. The molecule has 1 saturated carbocycles. The van der Waals surface area contributed by atoms with E-state index in [4.69, 9.17) is 0 Å². The number of nitrogens with one attached hydrogen (secondary N) is 1. The third-order valence-corrected chi connectivity index (χ3v) is 4.42. The molecule has 0 spiro atoms. The second-order valence-electron chi connectivity index (χ2n) is 6.36. The first kappa shape index (κ1) is 17.7. The Balaban J connectivity index is 1.81. The number of benzene rings is 1. The van der Waals surface area contributed by atoms with Crippen molar-refractivity contribution in [1.82, 2.24) is 10.2 Å². The standard InChI is InChI=1S/C19H27FN2O/c1-2-12-22(14-17-10-6-7-11-18(17)20)15-19(23)21-13-16-8-4-3-5-9-16/h2,6-7,10-11,16H,1,3-5,8-9,12-15H2,(H,21,23). The minimum atomic E-state index is -0.232.